The van der Waals surface area contributed by atoms with E-state index in [0.717, 1.165) is 16.7 Å². The first kappa shape index (κ1) is 27.0. The van der Waals surface area contributed by atoms with Gasteiger partial charge in [-0.15, -0.1) is 0 Å². The minimum Gasteiger partial charge on any atom is -0.490 e. The Balaban J connectivity index is 1.84. The molecular weight excluding hydrogens is 609 g/mol. The molecule has 0 spiro atoms. The van der Waals surface area contributed by atoms with Gasteiger partial charge in [0, 0.05) is 5.02 Å². The summed E-state index contributed by atoms with van der Waals surface area (Å²) in [6.45, 7) is 4.99. The van der Waals surface area contributed by atoms with Gasteiger partial charge in [-0.3, -0.25) is 19.3 Å². The number of thioether (sulfide) groups is 1. The summed E-state index contributed by atoms with van der Waals surface area (Å²) in [7, 11) is 0. The molecule has 0 aromatic heterocycles. The summed E-state index contributed by atoms with van der Waals surface area (Å²) >= 11 is 8.60. The van der Waals surface area contributed by atoms with Gasteiger partial charge in [0.1, 0.15) is 6.54 Å². The van der Waals surface area contributed by atoms with E-state index in [4.69, 9.17) is 25.8 Å². The molecule has 0 radical (unpaired) electrons. The van der Waals surface area contributed by atoms with Crippen molar-refractivity contribution in [2.24, 2.45) is 0 Å². The van der Waals surface area contributed by atoms with Crippen molar-refractivity contribution >= 4 is 75.1 Å². The average molecular weight is 630 g/mol. The summed E-state index contributed by atoms with van der Waals surface area (Å²) in [6, 6.07) is 9.58. The zero-order chi connectivity index (χ0) is 25.7. The second-order valence-corrected chi connectivity index (χ2v) is 10.1. The number of imide groups is 1. The number of nitrogens with zero attached hydrogens (tertiary/aromatic N) is 1. The summed E-state index contributed by atoms with van der Waals surface area (Å²) in [6.07, 6.45) is 1.16. The lowest BCUT2D eigenvalue weighted by molar-refractivity contribution is -0.149. The van der Waals surface area contributed by atoms with Gasteiger partial charge < -0.3 is 14.2 Å². The van der Waals surface area contributed by atoms with Gasteiger partial charge in [0.05, 0.1) is 26.7 Å². The van der Waals surface area contributed by atoms with Crippen molar-refractivity contribution in [2.45, 2.75) is 26.9 Å². The third-order valence-electron chi connectivity index (χ3n) is 4.43. The fraction of sp³-hybridized carbons (Fsp3) is 0.250. The molecule has 0 aliphatic carbocycles. The highest BCUT2D eigenvalue weighted by atomic mass is 127. The Morgan fingerprint density at radius 1 is 1.17 bits per heavy atom. The molecular formula is C24H21ClINO7S. The van der Waals surface area contributed by atoms with Crippen molar-refractivity contribution in [2.75, 3.05) is 13.2 Å². The highest BCUT2D eigenvalue weighted by molar-refractivity contribution is 14.1. The van der Waals surface area contributed by atoms with Crippen molar-refractivity contribution in [1.82, 2.24) is 4.90 Å². The molecule has 8 nitrogen and oxygen atoms in total. The number of hydrogen-bond donors (Lipinski definition) is 0. The molecule has 0 N–H and O–H groups in total. The van der Waals surface area contributed by atoms with Gasteiger partial charge in [0.25, 0.3) is 11.1 Å². The zero-order valence-corrected chi connectivity index (χ0v) is 22.7. The first-order chi connectivity index (χ1) is 16.6. The Morgan fingerprint density at radius 2 is 1.86 bits per heavy atom. The van der Waals surface area contributed by atoms with Crippen LogP contribution in [0, 0.1) is 3.57 Å². The van der Waals surface area contributed by atoms with Crippen molar-refractivity contribution < 1.29 is 33.4 Å². The number of halogens is 2. The van der Waals surface area contributed by atoms with Crippen molar-refractivity contribution in [3.8, 4) is 11.5 Å². The zero-order valence-electron chi connectivity index (χ0n) is 19.0. The minimum atomic E-state index is -0.663. The van der Waals surface area contributed by atoms with Crippen LogP contribution in [-0.2, 0) is 14.3 Å². The van der Waals surface area contributed by atoms with E-state index in [1.54, 1.807) is 57.2 Å². The first-order valence-electron chi connectivity index (χ1n) is 10.5. The van der Waals surface area contributed by atoms with Gasteiger partial charge in [-0.05, 0) is 103 Å². The van der Waals surface area contributed by atoms with Gasteiger partial charge >= 0.3 is 11.9 Å². The molecule has 2 aromatic carbocycles. The van der Waals surface area contributed by atoms with Crippen LogP contribution in [0.25, 0.3) is 6.08 Å². The molecule has 3 rings (SSSR count). The average Bonchev–Trinajstić information content (AvgIpc) is 3.03. The van der Waals surface area contributed by atoms with Gasteiger partial charge in [-0.1, -0.05) is 11.6 Å². The van der Waals surface area contributed by atoms with E-state index in [2.05, 4.69) is 0 Å². The van der Waals surface area contributed by atoms with E-state index in [1.165, 1.54) is 6.08 Å². The van der Waals surface area contributed by atoms with Crippen LogP contribution in [0.1, 0.15) is 36.7 Å². The summed E-state index contributed by atoms with van der Waals surface area (Å²) in [4.78, 5) is 50.5. The molecule has 1 fully saturated rings. The number of carbonyl (C=O) groups excluding carboxylic acids is 4. The Kier molecular flexibility index (Phi) is 9.20. The largest absolute Gasteiger partial charge is 0.490 e. The van der Waals surface area contributed by atoms with E-state index in [9.17, 15) is 19.2 Å². The SMILES string of the molecule is CCOc1cc(/C=C2\SC(=O)N(CC(=O)OC(C)C)C2=O)cc(I)c1OC(=O)c1ccc(Cl)cc1. The van der Waals surface area contributed by atoms with Crippen LogP contribution in [0.3, 0.4) is 0 Å². The Labute approximate surface area is 225 Å². The predicted molar refractivity (Wildman–Crippen MR) is 141 cm³/mol. The molecule has 11 heteroatoms. The van der Waals surface area contributed by atoms with E-state index in [0.29, 0.717) is 32.1 Å². The van der Waals surface area contributed by atoms with E-state index in [-0.39, 0.29) is 16.8 Å². The predicted octanol–water partition coefficient (Wildman–Crippen LogP) is 5.55. The van der Waals surface area contributed by atoms with Crippen LogP contribution in [0.4, 0.5) is 4.79 Å². The Bertz CT molecular complexity index is 1200. The quantitative estimate of drug-likeness (QED) is 0.162. The topological polar surface area (TPSA) is 99.2 Å². The lowest BCUT2D eigenvalue weighted by Gasteiger charge is -2.14. The van der Waals surface area contributed by atoms with Crippen LogP contribution in [0.15, 0.2) is 41.3 Å². The van der Waals surface area contributed by atoms with Gasteiger partial charge in [-0.2, -0.15) is 0 Å². The van der Waals surface area contributed by atoms with Crippen LogP contribution in [0.5, 0.6) is 11.5 Å². The van der Waals surface area contributed by atoms with Gasteiger partial charge in [0.2, 0.25) is 0 Å². The molecule has 1 aliphatic rings. The second-order valence-electron chi connectivity index (χ2n) is 7.47. The number of carbonyl (C=O) groups is 4. The summed E-state index contributed by atoms with van der Waals surface area (Å²) in [5, 5.41) is -0.0630. The standard InChI is InChI=1S/C24H21ClINO7S/c1-4-32-18-10-14(9-17(26)21(18)34-23(30)15-5-7-16(25)8-6-15)11-19-22(29)27(24(31)35-19)12-20(28)33-13(2)3/h5-11,13H,4,12H2,1-3H3/b19-11-. The highest BCUT2D eigenvalue weighted by Gasteiger charge is 2.37. The smallest absolute Gasteiger partial charge is 0.343 e. The van der Waals surface area contributed by atoms with E-state index >= 15 is 0 Å². The lowest BCUT2D eigenvalue weighted by Crippen LogP contribution is -2.35. The Morgan fingerprint density at radius 3 is 2.49 bits per heavy atom. The fourth-order valence-electron chi connectivity index (χ4n) is 2.99. The van der Waals surface area contributed by atoms with Crippen molar-refractivity contribution in [3.05, 3.63) is 61.0 Å². The summed E-state index contributed by atoms with van der Waals surface area (Å²) in [5.41, 5.74) is 0.876. The number of hydrogen-bond acceptors (Lipinski definition) is 8. The first-order valence-corrected chi connectivity index (χ1v) is 12.7. The van der Waals surface area contributed by atoms with Crippen molar-refractivity contribution in [1.29, 1.82) is 0 Å². The molecule has 35 heavy (non-hydrogen) atoms. The number of ether oxygens (including phenoxy) is 3. The molecule has 1 saturated heterocycles. The molecule has 0 saturated carbocycles. The molecule has 1 heterocycles. The van der Waals surface area contributed by atoms with Crippen LogP contribution < -0.4 is 9.47 Å². The molecule has 0 atom stereocenters. The van der Waals surface area contributed by atoms with Crippen molar-refractivity contribution in [3.63, 3.8) is 0 Å². The molecule has 1 aliphatic heterocycles. The number of rotatable bonds is 8. The number of amides is 2. The maximum Gasteiger partial charge on any atom is 0.343 e. The third kappa shape index (κ3) is 6.98. The molecule has 184 valence electrons. The lowest BCUT2D eigenvalue weighted by atomic mass is 10.1. The molecule has 0 bridgehead atoms. The van der Waals surface area contributed by atoms with Crippen LogP contribution in [0.2, 0.25) is 5.02 Å². The molecule has 2 amide bonds. The Hall–Kier alpha value is -2.57. The maximum absolute atomic E-state index is 12.7. The van der Waals surface area contributed by atoms with Gasteiger partial charge in [-0.25, -0.2) is 4.79 Å². The maximum atomic E-state index is 12.7. The number of esters is 2. The monoisotopic (exact) mass is 629 g/mol. The number of benzene rings is 2. The molecule has 0 unspecified atom stereocenters. The van der Waals surface area contributed by atoms with Gasteiger partial charge in [0.15, 0.2) is 11.5 Å². The van der Waals surface area contributed by atoms with E-state index < -0.39 is 29.6 Å². The summed E-state index contributed by atoms with van der Waals surface area (Å²) < 4.78 is 16.8. The fourth-order valence-corrected chi connectivity index (χ4v) is 4.69. The normalized spacial score (nSPS) is 14.6. The highest BCUT2D eigenvalue weighted by Crippen LogP contribution is 2.38. The van der Waals surface area contributed by atoms with Crippen LogP contribution in [-0.4, -0.2) is 47.2 Å². The third-order valence-corrected chi connectivity index (χ3v) is 6.39. The van der Waals surface area contributed by atoms with E-state index in [1.807, 2.05) is 22.6 Å². The second kappa shape index (κ2) is 11.9. The summed E-state index contributed by atoms with van der Waals surface area (Å²) in [5.74, 6) is -1.31. The van der Waals surface area contributed by atoms with Crippen LogP contribution >= 0.6 is 46.0 Å². The molecule has 2 aromatic rings. The minimum absolute atomic E-state index is 0.150.